The largest absolute Gasteiger partial charge is 0.481 e. The smallest absolute Gasteiger partial charge is 0.280 e. The van der Waals surface area contributed by atoms with Crippen molar-refractivity contribution in [1.82, 2.24) is 5.43 Å². The normalized spacial score (nSPS) is 13.7. The second-order valence-corrected chi connectivity index (χ2v) is 6.47. The number of amides is 1. The molecule has 6 nitrogen and oxygen atoms in total. The van der Waals surface area contributed by atoms with Gasteiger partial charge in [-0.25, -0.2) is 5.43 Å². The quantitative estimate of drug-likeness (QED) is 0.585. The summed E-state index contributed by atoms with van der Waals surface area (Å²) in [7, 11) is 0. The molecule has 0 bridgehead atoms. The summed E-state index contributed by atoms with van der Waals surface area (Å²) in [6.07, 6.45) is 0.784. The third-order valence-corrected chi connectivity index (χ3v) is 4.27. The van der Waals surface area contributed by atoms with Crippen molar-refractivity contribution in [1.29, 1.82) is 0 Å². The van der Waals surface area contributed by atoms with Gasteiger partial charge in [0.25, 0.3) is 5.91 Å². The first-order valence-electron chi connectivity index (χ1n) is 7.37. The Morgan fingerprint density at radius 1 is 1.36 bits per heavy atom. The summed E-state index contributed by atoms with van der Waals surface area (Å²) in [4.78, 5) is 12.1. The van der Waals surface area contributed by atoms with Crippen LogP contribution in [0.4, 0.5) is 0 Å². The molecule has 25 heavy (non-hydrogen) atoms. The van der Waals surface area contributed by atoms with Gasteiger partial charge < -0.3 is 14.2 Å². The van der Waals surface area contributed by atoms with Crippen LogP contribution in [0.2, 0.25) is 5.02 Å². The van der Waals surface area contributed by atoms with Crippen LogP contribution in [-0.4, -0.2) is 25.0 Å². The molecule has 1 aliphatic rings. The highest BCUT2D eigenvalue weighted by molar-refractivity contribution is 9.10. The molecular weight excluding hydrogens is 412 g/mol. The van der Waals surface area contributed by atoms with Crippen molar-refractivity contribution in [2.75, 3.05) is 6.79 Å². The highest BCUT2D eigenvalue weighted by atomic mass is 79.9. The molecule has 1 atom stereocenters. The van der Waals surface area contributed by atoms with Crippen molar-refractivity contribution in [3.05, 3.63) is 51.5 Å². The van der Waals surface area contributed by atoms with E-state index in [1.807, 2.05) is 0 Å². The zero-order chi connectivity index (χ0) is 17.8. The lowest BCUT2D eigenvalue weighted by Crippen LogP contribution is -2.33. The molecule has 1 aliphatic heterocycles. The lowest BCUT2D eigenvalue weighted by atomic mass is 10.2. The maximum Gasteiger partial charge on any atom is 0.280 e. The summed E-state index contributed by atoms with van der Waals surface area (Å²) in [6.45, 7) is 1.82. The third kappa shape index (κ3) is 4.43. The molecule has 1 amide bonds. The van der Waals surface area contributed by atoms with Crippen LogP contribution in [0.15, 0.2) is 46.0 Å². The van der Waals surface area contributed by atoms with Gasteiger partial charge in [0.1, 0.15) is 5.75 Å². The summed E-state index contributed by atoms with van der Waals surface area (Å²) in [5.74, 6) is 1.43. The van der Waals surface area contributed by atoms with Gasteiger partial charge in [0, 0.05) is 15.1 Å². The summed E-state index contributed by atoms with van der Waals surface area (Å²) >= 11 is 9.31. The van der Waals surface area contributed by atoms with Crippen molar-refractivity contribution in [2.45, 2.75) is 13.0 Å². The van der Waals surface area contributed by atoms with Gasteiger partial charge in [-0.1, -0.05) is 17.7 Å². The summed E-state index contributed by atoms with van der Waals surface area (Å²) in [5, 5.41) is 4.49. The fraction of sp³-hybridized carbons (Fsp3) is 0.176. The molecule has 0 unspecified atom stereocenters. The van der Waals surface area contributed by atoms with Crippen LogP contribution >= 0.6 is 27.5 Å². The number of benzene rings is 2. The van der Waals surface area contributed by atoms with E-state index in [-0.39, 0.29) is 12.7 Å². The number of hydrogen-bond acceptors (Lipinski definition) is 5. The van der Waals surface area contributed by atoms with Gasteiger partial charge >= 0.3 is 0 Å². The lowest BCUT2D eigenvalue weighted by molar-refractivity contribution is -0.127. The van der Waals surface area contributed by atoms with E-state index in [1.54, 1.807) is 43.3 Å². The Morgan fingerprint density at radius 3 is 2.88 bits per heavy atom. The van der Waals surface area contributed by atoms with Crippen molar-refractivity contribution >= 4 is 39.7 Å². The van der Waals surface area contributed by atoms with Gasteiger partial charge in [0.15, 0.2) is 17.6 Å². The number of fused-ring (bicyclic) bond motifs is 1. The SMILES string of the molecule is C[C@H](Oc1cccc(Cl)c1)C(=O)N/N=C\c1cc2c(cc1Br)OCO2. The number of carbonyl (C=O) groups excluding carboxylic acids is 1. The first kappa shape index (κ1) is 17.6. The minimum atomic E-state index is -0.726. The predicted molar refractivity (Wildman–Crippen MR) is 97.5 cm³/mol. The second kappa shape index (κ2) is 7.76. The van der Waals surface area contributed by atoms with E-state index in [4.69, 9.17) is 25.8 Å². The third-order valence-electron chi connectivity index (χ3n) is 3.35. The average molecular weight is 426 g/mol. The number of nitrogens with zero attached hydrogens (tertiary/aromatic N) is 1. The molecule has 0 fully saturated rings. The van der Waals surface area contributed by atoms with Crippen molar-refractivity contribution in [3.8, 4) is 17.2 Å². The Kier molecular flexibility index (Phi) is 5.45. The minimum absolute atomic E-state index is 0.192. The van der Waals surface area contributed by atoms with Crippen molar-refractivity contribution in [2.24, 2.45) is 5.10 Å². The molecule has 1 N–H and O–H groups in total. The molecule has 0 aromatic heterocycles. The molecule has 0 saturated carbocycles. The number of hydrogen-bond donors (Lipinski definition) is 1. The molecule has 8 heteroatoms. The Labute approximate surface area is 157 Å². The van der Waals surface area contributed by atoms with Crippen LogP contribution in [0.1, 0.15) is 12.5 Å². The molecule has 3 rings (SSSR count). The number of nitrogens with one attached hydrogen (secondary N) is 1. The van der Waals surface area contributed by atoms with Crippen LogP contribution in [0.3, 0.4) is 0 Å². The molecule has 0 saturated heterocycles. The number of halogens is 2. The van der Waals surface area contributed by atoms with E-state index in [1.165, 1.54) is 6.21 Å². The maximum absolute atomic E-state index is 12.1. The first-order chi connectivity index (χ1) is 12.0. The number of hydrazone groups is 1. The zero-order valence-corrected chi connectivity index (χ0v) is 15.5. The topological polar surface area (TPSA) is 69.2 Å². The van der Waals surface area contributed by atoms with Gasteiger partial charge in [-0.15, -0.1) is 0 Å². The van der Waals surface area contributed by atoms with Crippen molar-refractivity contribution in [3.63, 3.8) is 0 Å². The van der Waals surface area contributed by atoms with Gasteiger partial charge in [0.05, 0.1) is 6.21 Å². The predicted octanol–water partition coefficient (Wildman–Crippen LogP) is 3.75. The molecule has 0 aliphatic carbocycles. The standard InChI is InChI=1S/C17H14BrClN2O4/c1-10(25-13-4-2-3-12(19)6-13)17(22)21-20-8-11-5-15-16(7-14(11)18)24-9-23-15/h2-8,10H,9H2,1H3,(H,21,22)/b20-8-/t10-/m0/s1. The van der Waals surface area contributed by atoms with E-state index in [9.17, 15) is 4.79 Å². The Balaban J connectivity index is 1.59. The highest BCUT2D eigenvalue weighted by Crippen LogP contribution is 2.36. The summed E-state index contributed by atoms with van der Waals surface area (Å²) in [6, 6.07) is 10.4. The van der Waals surface area contributed by atoms with Crippen molar-refractivity contribution < 1.29 is 19.0 Å². The molecule has 0 radical (unpaired) electrons. The Bertz CT molecular complexity index is 828. The molecule has 0 spiro atoms. The average Bonchev–Trinajstić information content (AvgIpc) is 3.02. The fourth-order valence-electron chi connectivity index (χ4n) is 2.09. The van der Waals surface area contributed by atoms with E-state index in [0.717, 1.165) is 10.0 Å². The van der Waals surface area contributed by atoms with Crippen LogP contribution in [0.25, 0.3) is 0 Å². The molecule has 2 aromatic rings. The monoisotopic (exact) mass is 424 g/mol. The van der Waals surface area contributed by atoms with Gasteiger partial charge in [-0.2, -0.15) is 5.10 Å². The second-order valence-electron chi connectivity index (χ2n) is 5.18. The lowest BCUT2D eigenvalue weighted by Gasteiger charge is -2.13. The van der Waals surface area contributed by atoms with Gasteiger partial charge in [-0.05, 0) is 53.2 Å². The summed E-state index contributed by atoms with van der Waals surface area (Å²) in [5.41, 5.74) is 3.18. The minimum Gasteiger partial charge on any atom is -0.481 e. The number of rotatable bonds is 5. The number of carbonyl (C=O) groups is 1. The van der Waals surface area contributed by atoms with Crippen LogP contribution in [-0.2, 0) is 4.79 Å². The number of ether oxygens (including phenoxy) is 3. The van der Waals surface area contributed by atoms with E-state index in [0.29, 0.717) is 22.3 Å². The van der Waals surface area contributed by atoms with E-state index < -0.39 is 6.10 Å². The molecule has 1 heterocycles. The molecule has 130 valence electrons. The highest BCUT2D eigenvalue weighted by Gasteiger charge is 2.16. The molecular formula is C17H14BrClN2O4. The van der Waals surface area contributed by atoms with Crippen LogP contribution in [0.5, 0.6) is 17.2 Å². The Hall–Kier alpha value is -2.25. The zero-order valence-electron chi connectivity index (χ0n) is 13.2. The van der Waals surface area contributed by atoms with E-state index >= 15 is 0 Å². The van der Waals surface area contributed by atoms with Gasteiger partial charge in [-0.3, -0.25) is 4.79 Å². The van der Waals surface area contributed by atoms with Crippen LogP contribution in [0, 0.1) is 0 Å². The fourth-order valence-corrected chi connectivity index (χ4v) is 2.69. The van der Waals surface area contributed by atoms with Crippen LogP contribution < -0.4 is 19.6 Å². The summed E-state index contributed by atoms with van der Waals surface area (Å²) < 4.78 is 16.9. The Morgan fingerprint density at radius 2 is 2.12 bits per heavy atom. The maximum atomic E-state index is 12.1. The van der Waals surface area contributed by atoms with Gasteiger partial charge in [0.2, 0.25) is 6.79 Å². The van der Waals surface area contributed by atoms with E-state index in [2.05, 4.69) is 26.5 Å². The first-order valence-corrected chi connectivity index (χ1v) is 8.54. The molecule has 2 aromatic carbocycles.